The Balaban J connectivity index is 2.10. The molecule has 0 bridgehead atoms. The molecule has 17 heavy (non-hydrogen) atoms. The lowest BCUT2D eigenvalue weighted by Gasteiger charge is -2.27. The van der Waals surface area contributed by atoms with Gasteiger partial charge in [-0.1, -0.05) is 32.6 Å². The molecule has 1 saturated carbocycles. The van der Waals surface area contributed by atoms with Gasteiger partial charge in [0.1, 0.15) is 0 Å². The first kappa shape index (κ1) is 14.9. The lowest BCUT2D eigenvalue weighted by molar-refractivity contribution is -0.119. The summed E-state index contributed by atoms with van der Waals surface area (Å²) in [6.07, 6.45) is 6.81. The molecule has 3 nitrogen and oxygen atoms in total. The van der Waals surface area contributed by atoms with Crippen molar-refractivity contribution in [2.24, 2.45) is 11.8 Å². The fraction of sp³-hybridized carbons (Fsp3) is 1.00. The van der Waals surface area contributed by atoms with E-state index in [1.54, 1.807) is 14.2 Å². The Kier molecular flexibility index (Phi) is 7.09. The number of nitrogens with one attached hydrogen (secondary N) is 1. The topological polar surface area (TPSA) is 30.5 Å². The monoisotopic (exact) mass is 243 g/mol. The Morgan fingerprint density at radius 1 is 1.12 bits per heavy atom. The molecule has 0 amide bonds. The van der Waals surface area contributed by atoms with Gasteiger partial charge in [0.2, 0.25) is 0 Å². The highest BCUT2D eigenvalue weighted by molar-refractivity contribution is 4.72. The second kappa shape index (κ2) is 8.06. The quantitative estimate of drug-likeness (QED) is 0.697. The third-order valence-electron chi connectivity index (χ3n) is 4.03. The van der Waals surface area contributed by atoms with E-state index in [2.05, 4.69) is 19.2 Å². The maximum absolute atomic E-state index is 5.23. The molecule has 1 fully saturated rings. The van der Waals surface area contributed by atoms with Gasteiger partial charge in [0.25, 0.3) is 0 Å². The Labute approximate surface area is 106 Å². The molecular weight excluding hydrogens is 214 g/mol. The number of hydrogen-bond donors (Lipinski definition) is 1. The van der Waals surface area contributed by atoms with Crippen LogP contribution in [-0.2, 0) is 9.47 Å². The van der Waals surface area contributed by atoms with Crippen LogP contribution in [0.4, 0.5) is 0 Å². The predicted octanol–water partition coefficient (Wildman–Crippen LogP) is 2.80. The Morgan fingerprint density at radius 2 is 1.71 bits per heavy atom. The van der Waals surface area contributed by atoms with Crippen LogP contribution in [0.2, 0.25) is 0 Å². The van der Waals surface area contributed by atoms with Gasteiger partial charge in [-0.05, 0) is 31.7 Å². The molecule has 0 aromatic carbocycles. The Morgan fingerprint density at radius 3 is 2.24 bits per heavy atom. The van der Waals surface area contributed by atoms with Gasteiger partial charge >= 0.3 is 0 Å². The first-order chi connectivity index (χ1) is 8.17. The molecular formula is C14H29NO2. The molecule has 1 unspecified atom stereocenters. The third-order valence-corrected chi connectivity index (χ3v) is 4.03. The molecule has 1 N–H and O–H groups in total. The highest BCUT2D eigenvalue weighted by atomic mass is 16.7. The maximum atomic E-state index is 5.23. The highest BCUT2D eigenvalue weighted by Gasteiger charge is 2.19. The zero-order valence-electron chi connectivity index (χ0n) is 11.9. The summed E-state index contributed by atoms with van der Waals surface area (Å²) in [4.78, 5) is 0. The molecule has 1 atom stereocenters. The van der Waals surface area contributed by atoms with Crippen LogP contribution in [0.1, 0.15) is 46.0 Å². The van der Waals surface area contributed by atoms with Crippen LogP contribution >= 0.6 is 0 Å². The molecule has 102 valence electrons. The van der Waals surface area contributed by atoms with Crippen molar-refractivity contribution in [1.29, 1.82) is 0 Å². The zero-order chi connectivity index (χ0) is 12.7. The molecule has 0 heterocycles. The molecule has 0 spiro atoms. The maximum Gasteiger partial charge on any atom is 0.171 e. The van der Waals surface area contributed by atoms with Crippen molar-refractivity contribution in [1.82, 2.24) is 5.32 Å². The largest absolute Gasteiger partial charge is 0.354 e. The van der Waals surface area contributed by atoms with Gasteiger partial charge in [-0.2, -0.15) is 0 Å². The summed E-state index contributed by atoms with van der Waals surface area (Å²) in [5, 5.41) is 3.49. The molecule has 0 radical (unpaired) electrons. The van der Waals surface area contributed by atoms with Crippen LogP contribution in [0, 0.1) is 11.8 Å². The van der Waals surface area contributed by atoms with E-state index in [4.69, 9.17) is 9.47 Å². The van der Waals surface area contributed by atoms with Crippen LogP contribution < -0.4 is 5.32 Å². The minimum absolute atomic E-state index is 0.138. The summed E-state index contributed by atoms with van der Waals surface area (Å²) in [6, 6.07) is 0.257. The van der Waals surface area contributed by atoms with Crippen molar-refractivity contribution in [2.75, 3.05) is 20.8 Å². The van der Waals surface area contributed by atoms with E-state index in [9.17, 15) is 0 Å². The van der Waals surface area contributed by atoms with E-state index in [1.165, 1.54) is 32.1 Å². The molecule has 0 aromatic rings. The summed E-state index contributed by atoms with van der Waals surface area (Å²) in [5.74, 6) is 1.87. The van der Waals surface area contributed by atoms with Crippen molar-refractivity contribution in [3.63, 3.8) is 0 Å². The fourth-order valence-corrected chi connectivity index (χ4v) is 2.73. The number of methoxy groups -OCH3 is 2. The summed E-state index contributed by atoms with van der Waals surface area (Å²) < 4.78 is 10.5. The second-order valence-corrected chi connectivity index (χ2v) is 5.50. The van der Waals surface area contributed by atoms with Gasteiger partial charge in [-0.15, -0.1) is 0 Å². The van der Waals surface area contributed by atoms with Gasteiger partial charge in [-0.25, -0.2) is 0 Å². The van der Waals surface area contributed by atoms with Crippen molar-refractivity contribution in [3.8, 4) is 0 Å². The zero-order valence-corrected chi connectivity index (χ0v) is 11.9. The second-order valence-electron chi connectivity index (χ2n) is 5.50. The molecule has 3 heteroatoms. The van der Waals surface area contributed by atoms with Gasteiger partial charge < -0.3 is 14.8 Å². The van der Waals surface area contributed by atoms with Crippen LogP contribution in [0.25, 0.3) is 0 Å². The number of hydrogen-bond acceptors (Lipinski definition) is 3. The summed E-state index contributed by atoms with van der Waals surface area (Å²) >= 11 is 0. The minimum Gasteiger partial charge on any atom is -0.354 e. The van der Waals surface area contributed by atoms with Crippen LogP contribution in [0.3, 0.4) is 0 Å². The van der Waals surface area contributed by atoms with Gasteiger partial charge in [0.15, 0.2) is 6.29 Å². The Bertz CT molecular complexity index is 187. The van der Waals surface area contributed by atoms with Crippen molar-refractivity contribution >= 4 is 0 Å². The van der Waals surface area contributed by atoms with E-state index < -0.39 is 0 Å². The summed E-state index contributed by atoms with van der Waals surface area (Å²) in [5.41, 5.74) is 0. The van der Waals surface area contributed by atoms with Crippen molar-refractivity contribution in [2.45, 2.75) is 58.3 Å². The van der Waals surface area contributed by atoms with E-state index >= 15 is 0 Å². The standard InChI is InChI=1S/C14H29NO2/c1-11-5-7-13(8-6-11)9-10-15-12(2)14(16-3)17-4/h11-15H,5-10H2,1-4H3. The average molecular weight is 243 g/mol. The molecule has 1 aliphatic carbocycles. The molecule has 0 aliphatic heterocycles. The van der Waals surface area contributed by atoms with Gasteiger partial charge in [0, 0.05) is 14.2 Å². The first-order valence-corrected chi connectivity index (χ1v) is 6.96. The first-order valence-electron chi connectivity index (χ1n) is 6.96. The minimum atomic E-state index is -0.138. The van der Waals surface area contributed by atoms with E-state index in [0.717, 1.165) is 18.4 Å². The third kappa shape index (κ3) is 5.36. The van der Waals surface area contributed by atoms with E-state index in [0.29, 0.717) is 0 Å². The molecule has 0 saturated heterocycles. The smallest absolute Gasteiger partial charge is 0.171 e. The SMILES string of the molecule is COC(OC)C(C)NCCC1CCC(C)CC1. The van der Waals surface area contributed by atoms with Crippen LogP contribution in [0.15, 0.2) is 0 Å². The highest BCUT2D eigenvalue weighted by Crippen LogP contribution is 2.29. The predicted molar refractivity (Wildman–Crippen MR) is 71.0 cm³/mol. The van der Waals surface area contributed by atoms with E-state index in [1.807, 2.05) is 0 Å². The Hall–Kier alpha value is -0.120. The van der Waals surface area contributed by atoms with Crippen LogP contribution in [-0.4, -0.2) is 33.1 Å². The van der Waals surface area contributed by atoms with Crippen molar-refractivity contribution in [3.05, 3.63) is 0 Å². The van der Waals surface area contributed by atoms with Gasteiger partial charge in [0.05, 0.1) is 6.04 Å². The van der Waals surface area contributed by atoms with Crippen molar-refractivity contribution < 1.29 is 9.47 Å². The van der Waals surface area contributed by atoms with Crippen LogP contribution in [0.5, 0.6) is 0 Å². The number of ether oxygens (including phenoxy) is 2. The summed E-state index contributed by atoms with van der Waals surface area (Å²) in [6.45, 7) is 5.56. The van der Waals surface area contributed by atoms with Gasteiger partial charge in [-0.3, -0.25) is 0 Å². The lowest BCUT2D eigenvalue weighted by atomic mass is 9.81. The molecule has 0 aromatic heterocycles. The lowest BCUT2D eigenvalue weighted by Crippen LogP contribution is -2.40. The normalized spacial score (nSPS) is 27.4. The molecule has 1 aliphatic rings. The van der Waals surface area contributed by atoms with E-state index in [-0.39, 0.29) is 12.3 Å². The average Bonchev–Trinajstić information content (AvgIpc) is 2.33. The fourth-order valence-electron chi connectivity index (χ4n) is 2.73. The summed E-state index contributed by atoms with van der Waals surface area (Å²) in [7, 11) is 3.38. The molecule has 1 rings (SSSR count). The number of rotatable bonds is 7.